The second kappa shape index (κ2) is 13.3. The number of hydrogen-bond donors (Lipinski definition) is 2. The van der Waals surface area contributed by atoms with Gasteiger partial charge >= 0.3 is 0 Å². The van der Waals surface area contributed by atoms with E-state index in [-0.39, 0.29) is 30.0 Å². The van der Waals surface area contributed by atoms with Crippen LogP contribution in [0.4, 0.5) is 0 Å². The molecule has 2 N–H and O–H groups in total. The van der Waals surface area contributed by atoms with Gasteiger partial charge in [-0.15, -0.1) is 24.0 Å². The summed E-state index contributed by atoms with van der Waals surface area (Å²) in [6.07, 6.45) is 0. The molecule has 7 heteroatoms. The molecule has 0 spiro atoms. The fourth-order valence-corrected chi connectivity index (χ4v) is 2.86. The van der Waals surface area contributed by atoms with Crippen molar-refractivity contribution in [3.05, 3.63) is 59.7 Å². The molecule has 0 saturated heterocycles. The molecule has 160 valence electrons. The van der Waals surface area contributed by atoms with Crippen LogP contribution in [0.2, 0.25) is 0 Å². The molecule has 0 bridgehead atoms. The van der Waals surface area contributed by atoms with E-state index >= 15 is 0 Å². The van der Waals surface area contributed by atoms with E-state index in [9.17, 15) is 0 Å². The Bertz CT molecular complexity index is 733. The quantitative estimate of drug-likeness (QED) is 0.305. The van der Waals surface area contributed by atoms with Gasteiger partial charge in [-0.25, -0.2) is 4.99 Å². The minimum Gasteiger partial charge on any atom is -0.497 e. The molecule has 0 aromatic heterocycles. The number of aliphatic imine (C=N–C) groups is 1. The van der Waals surface area contributed by atoms with E-state index in [0.717, 1.165) is 36.1 Å². The summed E-state index contributed by atoms with van der Waals surface area (Å²) in [5.41, 5.74) is 2.36. The van der Waals surface area contributed by atoms with Gasteiger partial charge in [0, 0.05) is 13.1 Å². The first-order valence-electron chi connectivity index (χ1n) is 9.52. The summed E-state index contributed by atoms with van der Waals surface area (Å²) in [6, 6.07) is 16.4. The van der Waals surface area contributed by atoms with E-state index in [4.69, 9.17) is 14.5 Å². The fourth-order valence-electron chi connectivity index (χ4n) is 2.86. The first-order chi connectivity index (χ1) is 13.6. The Kier molecular flexibility index (Phi) is 11.5. The summed E-state index contributed by atoms with van der Waals surface area (Å²) in [6.45, 7) is 4.23. The van der Waals surface area contributed by atoms with Crippen LogP contribution in [-0.4, -0.2) is 52.3 Å². The molecule has 0 radical (unpaired) electrons. The third kappa shape index (κ3) is 8.10. The number of nitrogens with one attached hydrogen (secondary N) is 2. The Labute approximate surface area is 191 Å². The Morgan fingerprint density at radius 2 is 1.48 bits per heavy atom. The predicted molar refractivity (Wildman–Crippen MR) is 131 cm³/mol. The third-order valence-electron chi connectivity index (χ3n) is 4.51. The number of benzene rings is 2. The summed E-state index contributed by atoms with van der Waals surface area (Å²) < 4.78 is 10.5. The molecular weight excluding hydrogens is 479 g/mol. The minimum absolute atomic E-state index is 0. The van der Waals surface area contributed by atoms with Gasteiger partial charge in [0.25, 0.3) is 0 Å². The van der Waals surface area contributed by atoms with Gasteiger partial charge in [0.05, 0.1) is 26.8 Å². The molecule has 0 saturated carbocycles. The monoisotopic (exact) mass is 512 g/mol. The van der Waals surface area contributed by atoms with Crippen molar-refractivity contribution in [1.82, 2.24) is 15.5 Å². The van der Waals surface area contributed by atoms with Crippen molar-refractivity contribution < 1.29 is 9.47 Å². The van der Waals surface area contributed by atoms with Gasteiger partial charge < -0.3 is 25.0 Å². The maximum absolute atomic E-state index is 5.26. The van der Waals surface area contributed by atoms with Crippen molar-refractivity contribution in [2.24, 2.45) is 4.99 Å². The molecule has 0 amide bonds. The molecule has 2 rings (SSSR count). The first-order valence-corrected chi connectivity index (χ1v) is 9.52. The van der Waals surface area contributed by atoms with Crippen molar-refractivity contribution in [3.8, 4) is 11.5 Å². The topological polar surface area (TPSA) is 58.1 Å². The van der Waals surface area contributed by atoms with Gasteiger partial charge in [-0.1, -0.05) is 24.3 Å². The molecule has 0 aliphatic carbocycles. The third-order valence-corrected chi connectivity index (χ3v) is 4.51. The standard InChI is InChI=1S/C22H32N4O2.HI/c1-6-23-22(24-15-17-7-11-19(27-4)12-8-17)25-16-21(26(2)3)18-9-13-20(28-5)14-10-18;/h7-14,21H,6,15-16H2,1-5H3,(H2,23,24,25);1H. The van der Waals surface area contributed by atoms with E-state index in [0.29, 0.717) is 6.54 Å². The van der Waals surface area contributed by atoms with Crippen LogP contribution in [0.1, 0.15) is 24.1 Å². The minimum atomic E-state index is 0. The highest BCUT2D eigenvalue weighted by Crippen LogP contribution is 2.20. The predicted octanol–water partition coefficient (Wildman–Crippen LogP) is 3.68. The number of nitrogens with zero attached hydrogens (tertiary/aromatic N) is 2. The number of methoxy groups -OCH3 is 2. The van der Waals surface area contributed by atoms with E-state index in [2.05, 4.69) is 48.7 Å². The molecule has 0 aliphatic heterocycles. The SMILES string of the molecule is CCNC(=NCc1ccc(OC)cc1)NCC(c1ccc(OC)cc1)N(C)C.I. The van der Waals surface area contributed by atoms with Crippen molar-refractivity contribution in [3.63, 3.8) is 0 Å². The fraction of sp³-hybridized carbons (Fsp3) is 0.409. The van der Waals surface area contributed by atoms with Crippen LogP contribution >= 0.6 is 24.0 Å². The number of ether oxygens (including phenoxy) is 2. The number of halogens is 1. The molecule has 0 heterocycles. The van der Waals surface area contributed by atoms with Gasteiger partial charge in [0.2, 0.25) is 0 Å². The van der Waals surface area contributed by atoms with Crippen molar-refractivity contribution in [1.29, 1.82) is 0 Å². The summed E-state index contributed by atoms with van der Waals surface area (Å²) >= 11 is 0. The molecule has 29 heavy (non-hydrogen) atoms. The number of likely N-dealkylation sites (N-methyl/N-ethyl adjacent to an activating group) is 1. The zero-order valence-electron chi connectivity index (χ0n) is 17.9. The Balaban J connectivity index is 0.00000420. The van der Waals surface area contributed by atoms with Gasteiger partial charge in [-0.05, 0) is 56.4 Å². The van der Waals surface area contributed by atoms with Crippen LogP contribution < -0.4 is 20.1 Å². The summed E-state index contributed by atoms with van der Waals surface area (Å²) in [4.78, 5) is 6.90. The van der Waals surface area contributed by atoms with Gasteiger partial charge in [0.15, 0.2) is 5.96 Å². The second-order valence-electron chi connectivity index (χ2n) is 6.68. The molecular formula is C22H33IN4O2. The van der Waals surface area contributed by atoms with Crippen molar-refractivity contribution in [2.45, 2.75) is 19.5 Å². The lowest BCUT2D eigenvalue weighted by atomic mass is 10.1. The van der Waals surface area contributed by atoms with Crippen LogP contribution in [0.15, 0.2) is 53.5 Å². The van der Waals surface area contributed by atoms with Gasteiger partial charge in [-0.2, -0.15) is 0 Å². The van der Waals surface area contributed by atoms with Crippen LogP contribution in [0, 0.1) is 0 Å². The lowest BCUT2D eigenvalue weighted by Crippen LogP contribution is -2.41. The summed E-state index contributed by atoms with van der Waals surface area (Å²) in [7, 11) is 7.52. The zero-order chi connectivity index (χ0) is 20.4. The molecule has 2 aromatic carbocycles. The second-order valence-corrected chi connectivity index (χ2v) is 6.68. The summed E-state index contributed by atoms with van der Waals surface area (Å²) in [5, 5.41) is 6.78. The molecule has 6 nitrogen and oxygen atoms in total. The highest BCUT2D eigenvalue weighted by molar-refractivity contribution is 14.0. The molecule has 0 fully saturated rings. The number of hydrogen-bond acceptors (Lipinski definition) is 4. The summed E-state index contributed by atoms with van der Waals surface area (Å²) in [5.74, 6) is 2.52. The van der Waals surface area contributed by atoms with Crippen molar-refractivity contribution in [2.75, 3.05) is 41.4 Å². The Hall–Kier alpha value is -2.00. The maximum atomic E-state index is 5.26. The number of guanidine groups is 1. The molecule has 2 aromatic rings. The lowest BCUT2D eigenvalue weighted by Gasteiger charge is -2.26. The van der Waals surface area contributed by atoms with Gasteiger partial charge in [0.1, 0.15) is 11.5 Å². The Morgan fingerprint density at radius 3 is 1.97 bits per heavy atom. The van der Waals surface area contributed by atoms with E-state index < -0.39 is 0 Å². The molecule has 1 unspecified atom stereocenters. The van der Waals surface area contributed by atoms with E-state index in [1.807, 2.05) is 36.4 Å². The van der Waals surface area contributed by atoms with E-state index in [1.54, 1.807) is 14.2 Å². The highest BCUT2D eigenvalue weighted by atomic mass is 127. The molecule has 0 aliphatic rings. The van der Waals surface area contributed by atoms with Crippen LogP contribution in [-0.2, 0) is 6.54 Å². The first kappa shape index (κ1) is 25.0. The van der Waals surface area contributed by atoms with Crippen LogP contribution in [0.5, 0.6) is 11.5 Å². The normalized spacial score (nSPS) is 12.1. The van der Waals surface area contributed by atoms with Crippen molar-refractivity contribution >= 4 is 29.9 Å². The maximum Gasteiger partial charge on any atom is 0.191 e. The zero-order valence-corrected chi connectivity index (χ0v) is 20.3. The average Bonchev–Trinajstić information content (AvgIpc) is 2.72. The van der Waals surface area contributed by atoms with E-state index in [1.165, 1.54) is 5.56 Å². The lowest BCUT2D eigenvalue weighted by molar-refractivity contribution is 0.298. The molecule has 1 atom stereocenters. The van der Waals surface area contributed by atoms with Gasteiger partial charge in [-0.3, -0.25) is 0 Å². The largest absolute Gasteiger partial charge is 0.497 e. The average molecular weight is 512 g/mol. The smallest absolute Gasteiger partial charge is 0.191 e. The van der Waals surface area contributed by atoms with Crippen LogP contribution in [0.25, 0.3) is 0 Å². The number of rotatable bonds is 9. The highest BCUT2D eigenvalue weighted by Gasteiger charge is 2.14. The Morgan fingerprint density at radius 1 is 0.931 bits per heavy atom. The van der Waals surface area contributed by atoms with Crippen LogP contribution in [0.3, 0.4) is 0 Å².